The minimum absolute atomic E-state index is 0. The van der Waals surface area contributed by atoms with Gasteiger partial charge in [-0.15, -0.1) is 24.0 Å². The maximum absolute atomic E-state index is 4.74. The summed E-state index contributed by atoms with van der Waals surface area (Å²) < 4.78 is 1.93. The highest BCUT2D eigenvalue weighted by molar-refractivity contribution is 14.0. The molecule has 0 bridgehead atoms. The second kappa shape index (κ2) is 11.7. The van der Waals surface area contributed by atoms with E-state index < -0.39 is 0 Å². The number of aryl methyl sites for hydroxylation is 2. The third kappa shape index (κ3) is 7.13. The highest BCUT2D eigenvalue weighted by Gasteiger charge is 2.10. The number of hydrogen-bond donors (Lipinski definition) is 2. The van der Waals surface area contributed by atoms with Crippen LogP contribution in [-0.4, -0.2) is 53.4 Å². The standard InChI is InChI=1S/C18H34N6.HI/c1-5-19-18(20-10-13-24-11-8-6-7-9-12-24)21-14-17-15(2)22-23(4)16(17)3;/h5-14H2,1-4H3,(H2,19,20,21);1H. The molecule has 25 heavy (non-hydrogen) atoms. The zero-order valence-corrected chi connectivity index (χ0v) is 18.6. The third-order valence-corrected chi connectivity index (χ3v) is 4.82. The number of nitrogens with zero attached hydrogens (tertiary/aromatic N) is 4. The van der Waals surface area contributed by atoms with Crippen LogP contribution in [0.5, 0.6) is 0 Å². The lowest BCUT2D eigenvalue weighted by molar-refractivity contribution is 0.289. The molecular weight excluding hydrogens is 427 g/mol. The van der Waals surface area contributed by atoms with Crippen LogP contribution in [0.15, 0.2) is 4.99 Å². The Hall–Kier alpha value is -0.830. The molecule has 1 aromatic heterocycles. The van der Waals surface area contributed by atoms with Crippen LogP contribution in [0.2, 0.25) is 0 Å². The first-order valence-electron chi connectivity index (χ1n) is 9.35. The van der Waals surface area contributed by atoms with Crippen LogP contribution in [0.4, 0.5) is 0 Å². The molecule has 0 aromatic carbocycles. The first-order valence-corrected chi connectivity index (χ1v) is 9.35. The maximum Gasteiger partial charge on any atom is 0.191 e. The van der Waals surface area contributed by atoms with Crippen molar-refractivity contribution in [1.29, 1.82) is 0 Å². The van der Waals surface area contributed by atoms with Gasteiger partial charge in [0.25, 0.3) is 0 Å². The molecule has 0 unspecified atom stereocenters. The van der Waals surface area contributed by atoms with E-state index in [1.54, 1.807) is 0 Å². The molecule has 0 atom stereocenters. The van der Waals surface area contributed by atoms with E-state index in [4.69, 9.17) is 4.99 Å². The molecule has 2 N–H and O–H groups in total. The van der Waals surface area contributed by atoms with Gasteiger partial charge in [0.15, 0.2) is 5.96 Å². The lowest BCUT2D eigenvalue weighted by Gasteiger charge is -2.20. The summed E-state index contributed by atoms with van der Waals surface area (Å²) in [6.45, 7) is 12.3. The number of nitrogens with one attached hydrogen (secondary N) is 2. The fraction of sp³-hybridized carbons (Fsp3) is 0.778. The number of rotatable bonds is 6. The summed E-state index contributed by atoms with van der Waals surface area (Å²) in [5.74, 6) is 0.898. The molecule has 1 fully saturated rings. The van der Waals surface area contributed by atoms with Crippen LogP contribution in [0, 0.1) is 13.8 Å². The van der Waals surface area contributed by atoms with E-state index in [1.165, 1.54) is 50.0 Å². The Balaban J connectivity index is 0.00000312. The van der Waals surface area contributed by atoms with Crippen LogP contribution in [-0.2, 0) is 13.6 Å². The van der Waals surface area contributed by atoms with Gasteiger partial charge in [0.1, 0.15) is 0 Å². The Morgan fingerprint density at radius 3 is 2.36 bits per heavy atom. The van der Waals surface area contributed by atoms with Crippen molar-refractivity contribution in [2.24, 2.45) is 12.0 Å². The monoisotopic (exact) mass is 462 g/mol. The molecule has 1 aliphatic rings. The topological polar surface area (TPSA) is 57.5 Å². The van der Waals surface area contributed by atoms with Gasteiger partial charge >= 0.3 is 0 Å². The maximum atomic E-state index is 4.74. The largest absolute Gasteiger partial charge is 0.357 e. The van der Waals surface area contributed by atoms with Crippen LogP contribution in [0.1, 0.15) is 49.6 Å². The lowest BCUT2D eigenvalue weighted by atomic mass is 10.2. The van der Waals surface area contributed by atoms with Crippen molar-refractivity contribution in [2.45, 2.75) is 53.0 Å². The van der Waals surface area contributed by atoms with E-state index in [-0.39, 0.29) is 24.0 Å². The number of guanidine groups is 1. The van der Waals surface area contributed by atoms with Crippen molar-refractivity contribution < 1.29 is 0 Å². The average Bonchev–Trinajstić information content (AvgIpc) is 2.76. The predicted molar refractivity (Wildman–Crippen MR) is 116 cm³/mol. The third-order valence-electron chi connectivity index (χ3n) is 4.82. The molecule has 1 aromatic rings. The minimum atomic E-state index is 0. The SMILES string of the molecule is CCNC(=NCc1c(C)nn(C)c1C)NCCN1CCCCCC1.I. The molecule has 7 heteroatoms. The Bertz CT molecular complexity index is 532. The number of aliphatic imine (C=N–C) groups is 1. The Morgan fingerprint density at radius 2 is 1.80 bits per heavy atom. The first-order chi connectivity index (χ1) is 11.6. The van der Waals surface area contributed by atoms with Crippen LogP contribution < -0.4 is 10.6 Å². The lowest BCUT2D eigenvalue weighted by Crippen LogP contribution is -2.41. The van der Waals surface area contributed by atoms with Crippen molar-refractivity contribution >= 4 is 29.9 Å². The van der Waals surface area contributed by atoms with Gasteiger partial charge in [-0.2, -0.15) is 5.10 Å². The van der Waals surface area contributed by atoms with Gasteiger partial charge < -0.3 is 15.5 Å². The van der Waals surface area contributed by atoms with E-state index in [1.807, 2.05) is 11.7 Å². The zero-order valence-electron chi connectivity index (χ0n) is 16.3. The van der Waals surface area contributed by atoms with Gasteiger partial charge in [-0.1, -0.05) is 12.8 Å². The molecule has 0 saturated carbocycles. The number of halogens is 1. The van der Waals surface area contributed by atoms with Gasteiger partial charge in [0.05, 0.1) is 12.2 Å². The van der Waals surface area contributed by atoms with E-state index in [0.29, 0.717) is 6.54 Å². The van der Waals surface area contributed by atoms with Crippen molar-refractivity contribution in [3.63, 3.8) is 0 Å². The Labute approximate surface area is 169 Å². The summed E-state index contributed by atoms with van der Waals surface area (Å²) in [5, 5.41) is 11.3. The molecule has 6 nitrogen and oxygen atoms in total. The summed E-state index contributed by atoms with van der Waals surface area (Å²) >= 11 is 0. The van der Waals surface area contributed by atoms with Crippen molar-refractivity contribution in [2.75, 3.05) is 32.7 Å². The number of aromatic nitrogens is 2. The molecule has 0 spiro atoms. The van der Waals surface area contributed by atoms with E-state index in [0.717, 1.165) is 31.3 Å². The van der Waals surface area contributed by atoms with E-state index in [2.05, 4.69) is 41.4 Å². The van der Waals surface area contributed by atoms with Crippen molar-refractivity contribution in [3.05, 3.63) is 17.0 Å². The number of hydrogen-bond acceptors (Lipinski definition) is 3. The average molecular weight is 462 g/mol. The first kappa shape index (κ1) is 22.2. The highest BCUT2D eigenvalue weighted by Crippen LogP contribution is 2.12. The molecule has 0 radical (unpaired) electrons. The minimum Gasteiger partial charge on any atom is -0.357 e. The van der Waals surface area contributed by atoms with Gasteiger partial charge in [0.2, 0.25) is 0 Å². The molecule has 0 aliphatic carbocycles. The highest BCUT2D eigenvalue weighted by atomic mass is 127. The van der Waals surface area contributed by atoms with Crippen LogP contribution >= 0.6 is 24.0 Å². The van der Waals surface area contributed by atoms with E-state index in [9.17, 15) is 0 Å². The molecule has 1 aliphatic heterocycles. The summed E-state index contributed by atoms with van der Waals surface area (Å²) in [5.41, 5.74) is 3.48. The molecule has 144 valence electrons. The second-order valence-corrected chi connectivity index (χ2v) is 6.65. The van der Waals surface area contributed by atoms with Crippen LogP contribution in [0.25, 0.3) is 0 Å². The normalized spacial score (nSPS) is 16.2. The van der Waals surface area contributed by atoms with Crippen molar-refractivity contribution in [1.82, 2.24) is 25.3 Å². The predicted octanol–water partition coefficient (Wildman–Crippen LogP) is 2.59. The molecule has 1 saturated heterocycles. The quantitative estimate of drug-likeness (QED) is 0.388. The Morgan fingerprint density at radius 1 is 1.12 bits per heavy atom. The summed E-state index contributed by atoms with van der Waals surface area (Å²) in [7, 11) is 1.99. The fourth-order valence-electron chi connectivity index (χ4n) is 3.24. The van der Waals surface area contributed by atoms with Crippen molar-refractivity contribution in [3.8, 4) is 0 Å². The van der Waals surface area contributed by atoms with Gasteiger partial charge in [-0.05, 0) is 46.7 Å². The summed E-state index contributed by atoms with van der Waals surface area (Å²) in [6, 6.07) is 0. The zero-order chi connectivity index (χ0) is 17.4. The second-order valence-electron chi connectivity index (χ2n) is 6.65. The molecular formula is C18H35IN6. The van der Waals surface area contributed by atoms with Gasteiger partial charge in [0, 0.05) is 37.9 Å². The Kier molecular flexibility index (Phi) is 10.4. The smallest absolute Gasteiger partial charge is 0.191 e. The van der Waals surface area contributed by atoms with Crippen LogP contribution in [0.3, 0.4) is 0 Å². The summed E-state index contributed by atoms with van der Waals surface area (Å²) in [6.07, 6.45) is 5.46. The number of likely N-dealkylation sites (tertiary alicyclic amines) is 1. The van der Waals surface area contributed by atoms with Gasteiger partial charge in [-0.3, -0.25) is 4.68 Å². The molecule has 0 amide bonds. The van der Waals surface area contributed by atoms with Gasteiger partial charge in [-0.25, -0.2) is 4.99 Å². The van der Waals surface area contributed by atoms with E-state index >= 15 is 0 Å². The fourth-order valence-corrected chi connectivity index (χ4v) is 3.24. The molecule has 2 heterocycles. The molecule has 2 rings (SSSR count). The summed E-state index contributed by atoms with van der Waals surface area (Å²) in [4.78, 5) is 7.31.